The molecule has 0 fully saturated rings. The highest BCUT2D eigenvalue weighted by molar-refractivity contribution is 6.31. The molecule has 116 valence electrons. The molecule has 0 saturated carbocycles. The lowest BCUT2D eigenvalue weighted by molar-refractivity contribution is -0.384. The lowest BCUT2D eigenvalue weighted by Crippen LogP contribution is -2.25. The summed E-state index contributed by atoms with van der Waals surface area (Å²) in [6.07, 6.45) is 1.43. The Morgan fingerprint density at radius 1 is 1.55 bits per heavy atom. The van der Waals surface area contributed by atoms with Gasteiger partial charge in [0.1, 0.15) is 11.8 Å². The van der Waals surface area contributed by atoms with Crippen molar-refractivity contribution < 1.29 is 14.8 Å². The fourth-order valence-corrected chi connectivity index (χ4v) is 2.01. The second-order valence-electron chi connectivity index (χ2n) is 4.65. The largest absolute Gasteiger partial charge is 0.506 e. The van der Waals surface area contributed by atoms with Crippen LogP contribution >= 0.6 is 11.6 Å². The van der Waals surface area contributed by atoms with Crippen LogP contribution in [0, 0.1) is 17.0 Å². The van der Waals surface area contributed by atoms with E-state index in [0.717, 1.165) is 6.07 Å². The molecule has 2 aromatic rings. The Hall–Kier alpha value is -2.61. The molecule has 1 amide bonds. The standard InChI is InChI=1S/C13H13ClN4O4/c1-7-10(14)6-15-17(7)8(2)13(20)16-11-4-3-9(18(21)22)5-12(11)19/h3-6,8,19H,1-2H3,(H,16,20). The average Bonchev–Trinajstić information content (AvgIpc) is 2.80. The van der Waals surface area contributed by atoms with Gasteiger partial charge in [0, 0.05) is 6.07 Å². The number of carbonyl (C=O) groups is 1. The molecule has 1 unspecified atom stereocenters. The van der Waals surface area contributed by atoms with E-state index in [1.807, 2.05) is 0 Å². The number of phenolic OH excluding ortho intramolecular Hbond substituents is 1. The van der Waals surface area contributed by atoms with Crippen LogP contribution in [0.3, 0.4) is 0 Å². The van der Waals surface area contributed by atoms with E-state index in [0.29, 0.717) is 10.7 Å². The Labute approximate surface area is 130 Å². The number of anilines is 1. The number of nitrogens with one attached hydrogen (secondary N) is 1. The summed E-state index contributed by atoms with van der Waals surface area (Å²) >= 11 is 5.89. The van der Waals surface area contributed by atoms with Gasteiger partial charge in [-0.1, -0.05) is 11.6 Å². The van der Waals surface area contributed by atoms with Crippen LogP contribution in [0.1, 0.15) is 18.7 Å². The minimum absolute atomic E-state index is 0.0818. The third-order valence-corrected chi connectivity index (χ3v) is 3.55. The van der Waals surface area contributed by atoms with Crippen molar-refractivity contribution in [1.82, 2.24) is 9.78 Å². The third kappa shape index (κ3) is 3.01. The summed E-state index contributed by atoms with van der Waals surface area (Å²) in [6.45, 7) is 3.34. The zero-order valence-corrected chi connectivity index (χ0v) is 12.5. The highest BCUT2D eigenvalue weighted by Crippen LogP contribution is 2.28. The van der Waals surface area contributed by atoms with Crippen molar-refractivity contribution in [1.29, 1.82) is 0 Å². The number of nitro groups is 1. The number of carbonyl (C=O) groups excluding carboxylic acids is 1. The van der Waals surface area contributed by atoms with Gasteiger partial charge in [0.2, 0.25) is 5.91 Å². The maximum Gasteiger partial charge on any atom is 0.273 e. The molecule has 0 saturated heterocycles. The lowest BCUT2D eigenvalue weighted by Gasteiger charge is -2.15. The smallest absolute Gasteiger partial charge is 0.273 e. The Kier molecular flexibility index (Phi) is 4.32. The predicted octanol–water partition coefficient (Wildman–Crippen LogP) is 2.66. The van der Waals surface area contributed by atoms with E-state index in [2.05, 4.69) is 10.4 Å². The summed E-state index contributed by atoms with van der Waals surface area (Å²) in [6, 6.07) is 2.76. The van der Waals surface area contributed by atoms with Gasteiger partial charge in [0.25, 0.3) is 5.69 Å². The quantitative estimate of drug-likeness (QED) is 0.510. The maximum absolute atomic E-state index is 12.2. The molecule has 0 bridgehead atoms. The molecule has 2 N–H and O–H groups in total. The first kappa shape index (κ1) is 15.8. The zero-order valence-electron chi connectivity index (χ0n) is 11.8. The molecule has 2 rings (SSSR count). The highest BCUT2D eigenvalue weighted by atomic mass is 35.5. The second-order valence-corrected chi connectivity index (χ2v) is 5.05. The summed E-state index contributed by atoms with van der Waals surface area (Å²) < 4.78 is 1.44. The van der Waals surface area contributed by atoms with E-state index >= 15 is 0 Å². The van der Waals surface area contributed by atoms with Gasteiger partial charge in [-0.15, -0.1) is 0 Å². The SMILES string of the molecule is Cc1c(Cl)cnn1C(C)C(=O)Nc1ccc([N+](=O)[O-])cc1O. The fraction of sp³-hybridized carbons (Fsp3) is 0.231. The first-order chi connectivity index (χ1) is 10.3. The molecule has 1 atom stereocenters. The van der Waals surface area contributed by atoms with E-state index in [1.54, 1.807) is 13.8 Å². The topological polar surface area (TPSA) is 110 Å². The fourth-order valence-electron chi connectivity index (χ4n) is 1.88. The molecule has 0 aliphatic rings. The summed E-state index contributed by atoms with van der Waals surface area (Å²) in [7, 11) is 0. The normalized spacial score (nSPS) is 12.0. The molecule has 22 heavy (non-hydrogen) atoms. The number of halogens is 1. The van der Waals surface area contributed by atoms with Gasteiger partial charge in [-0.25, -0.2) is 0 Å². The number of hydrogen-bond acceptors (Lipinski definition) is 5. The van der Waals surface area contributed by atoms with E-state index in [1.165, 1.54) is 23.0 Å². The van der Waals surface area contributed by atoms with Crippen LogP contribution in [0.15, 0.2) is 24.4 Å². The van der Waals surface area contributed by atoms with Gasteiger partial charge in [0.15, 0.2) is 0 Å². The molecule has 0 aliphatic heterocycles. The molecule has 0 spiro atoms. The van der Waals surface area contributed by atoms with Crippen LogP contribution in [0.25, 0.3) is 0 Å². The first-order valence-electron chi connectivity index (χ1n) is 6.29. The number of rotatable bonds is 4. The number of hydrogen-bond donors (Lipinski definition) is 2. The van der Waals surface area contributed by atoms with Gasteiger partial charge in [-0.05, 0) is 19.9 Å². The van der Waals surface area contributed by atoms with Gasteiger partial charge in [-0.2, -0.15) is 5.10 Å². The summed E-state index contributed by atoms with van der Waals surface area (Å²) in [4.78, 5) is 22.2. The van der Waals surface area contributed by atoms with Crippen molar-refractivity contribution >= 4 is 28.9 Å². The number of non-ortho nitro benzene ring substituents is 1. The maximum atomic E-state index is 12.2. The minimum atomic E-state index is -0.665. The van der Waals surface area contributed by atoms with Crippen LogP contribution in [0.4, 0.5) is 11.4 Å². The summed E-state index contributed by atoms with van der Waals surface area (Å²) in [5.74, 6) is -0.822. The van der Waals surface area contributed by atoms with Crippen molar-refractivity contribution in [3.63, 3.8) is 0 Å². The number of aromatic nitrogens is 2. The monoisotopic (exact) mass is 324 g/mol. The van der Waals surface area contributed by atoms with E-state index in [9.17, 15) is 20.0 Å². The van der Waals surface area contributed by atoms with Crippen molar-refractivity contribution in [2.45, 2.75) is 19.9 Å². The summed E-state index contributed by atoms with van der Waals surface area (Å²) in [5, 5.41) is 27.3. The number of nitrogens with zero attached hydrogens (tertiary/aromatic N) is 3. The van der Waals surface area contributed by atoms with Gasteiger partial charge in [-0.3, -0.25) is 19.6 Å². The van der Waals surface area contributed by atoms with Gasteiger partial charge < -0.3 is 10.4 Å². The molecule has 0 radical (unpaired) electrons. The zero-order chi connectivity index (χ0) is 16.4. The lowest BCUT2D eigenvalue weighted by atomic mass is 10.2. The van der Waals surface area contributed by atoms with E-state index in [4.69, 9.17) is 11.6 Å². The minimum Gasteiger partial charge on any atom is -0.506 e. The number of benzene rings is 1. The van der Waals surface area contributed by atoms with Crippen molar-refractivity contribution in [2.24, 2.45) is 0 Å². The Bertz CT molecular complexity index is 744. The Balaban J connectivity index is 2.18. The molecular weight excluding hydrogens is 312 g/mol. The first-order valence-corrected chi connectivity index (χ1v) is 6.67. The molecule has 8 nitrogen and oxygen atoms in total. The summed E-state index contributed by atoms with van der Waals surface area (Å²) in [5.41, 5.74) is 0.453. The number of amides is 1. The van der Waals surface area contributed by atoms with Crippen LogP contribution in [-0.4, -0.2) is 25.7 Å². The molecule has 9 heteroatoms. The molecular formula is C13H13ClN4O4. The number of phenols is 1. The average molecular weight is 325 g/mol. The van der Waals surface area contributed by atoms with Crippen LogP contribution in [0.2, 0.25) is 5.02 Å². The molecule has 1 heterocycles. The molecule has 1 aromatic heterocycles. The predicted molar refractivity (Wildman–Crippen MR) is 80.1 cm³/mol. The van der Waals surface area contributed by atoms with Crippen molar-refractivity contribution in [3.05, 3.63) is 45.2 Å². The van der Waals surface area contributed by atoms with Crippen LogP contribution < -0.4 is 5.32 Å². The second kappa shape index (κ2) is 6.02. The molecule has 1 aromatic carbocycles. The third-order valence-electron chi connectivity index (χ3n) is 3.18. The van der Waals surface area contributed by atoms with Crippen LogP contribution in [-0.2, 0) is 4.79 Å². The Morgan fingerprint density at radius 2 is 2.23 bits per heavy atom. The van der Waals surface area contributed by atoms with Gasteiger partial charge >= 0.3 is 0 Å². The van der Waals surface area contributed by atoms with Crippen LogP contribution in [0.5, 0.6) is 5.75 Å². The molecule has 0 aliphatic carbocycles. The van der Waals surface area contributed by atoms with E-state index < -0.39 is 16.9 Å². The highest BCUT2D eigenvalue weighted by Gasteiger charge is 2.20. The van der Waals surface area contributed by atoms with Crippen molar-refractivity contribution in [3.8, 4) is 5.75 Å². The number of nitro benzene ring substituents is 1. The van der Waals surface area contributed by atoms with Crippen molar-refractivity contribution in [2.75, 3.05) is 5.32 Å². The Morgan fingerprint density at radius 3 is 2.73 bits per heavy atom. The van der Waals surface area contributed by atoms with E-state index in [-0.39, 0.29) is 17.1 Å². The number of aromatic hydroxyl groups is 1. The van der Waals surface area contributed by atoms with Gasteiger partial charge in [0.05, 0.1) is 33.6 Å².